The van der Waals surface area contributed by atoms with Crippen LogP contribution in [0.1, 0.15) is 22.3 Å². The fraction of sp³-hybridized carbons (Fsp3) is 0. The molecule has 249 valence electrons. The van der Waals surface area contributed by atoms with E-state index >= 15 is 0 Å². The molecule has 7 rings (SSSR count). The summed E-state index contributed by atoms with van der Waals surface area (Å²) >= 11 is 24.7. The van der Waals surface area contributed by atoms with Gasteiger partial charge in [0, 0.05) is 95.8 Å². The smallest absolute Gasteiger partial charge is 0.192 e. The number of anilines is 6. The van der Waals surface area contributed by atoms with Gasteiger partial charge < -0.3 is 4.90 Å². The first kappa shape index (κ1) is 35.0. The molecule has 7 aromatic carbocycles. The van der Waals surface area contributed by atoms with Gasteiger partial charge in [0.25, 0.3) is 0 Å². The van der Waals surface area contributed by atoms with Crippen molar-refractivity contribution >= 4 is 80.5 Å². The SMILES string of the molecule is Clc1ccc(N(c2ccc(Cl)cc2)c2ccc(C#Cc3ccc(C#Cc4ccc([N+](c5ccc(Cl)cc5)c5ccc(Cl)cc5)cc4)cc3)cc2)cc1. The molecule has 0 aliphatic rings. The molecular weight excluding hydrogens is 722 g/mol. The molecule has 0 heterocycles. The van der Waals surface area contributed by atoms with Gasteiger partial charge in [-0.05, 0) is 133 Å². The summed E-state index contributed by atoms with van der Waals surface area (Å²) in [6.07, 6.45) is 0. The van der Waals surface area contributed by atoms with Crippen LogP contribution >= 0.6 is 46.4 Å². The van der Waals surface area contributed by atoms with Crippen molar-refractivity contribution in [3.05, 3.63) is 212 Å². The average Bonchev–Trinajstić information content (AvgIpc) is 3.18. The summed E-state index contributed by atoms with van der Waals surface area (Å²) in [5.41, 5.74) is 9.58. The molecule has 0 fully saturated rings. The van der Waals surface area contributed by atoms with E-state index < -0.39 is 0 Å². The Balaban J connectivity index is 1.04. The van der Waals surface area contributed by atoms with E-state index in [1.165, 1.54) is 0 Å². The molecule has 0 aliphatic heterocycles. The highest BCUT2D eigenvalue weighted by Crippen LogP contribution is 2.37. The Hall–Kier alpha value is -5.42. The van der Waals surface area contributed by atoms with Crippen LogP contribution in [0.25, 0.3) is 0 Å². The van der Waals surface area contributed by atoms with Gasteiger partial charge in [0.1, 0.15) is 0 Å². The van der Waals surface area contributed by atoms with Gasteiger partial charge in [0.15, 0.2) is 17.1 Å². The summed E-state index contributed by atoms with van der Waals surface area (Å²) < 4.78 is 0. The van der Waals surface area contributed by atoms with Crippen molar-refractivity contribution in [2.24, 2.45) is 0 Å². The lowest BCUT2D eigenvalue weighted by Crippen LogP contribution is -2.11. The van der Waals surface area contributed by atoms with Crippen molar-refractivity contribution in [2.75, 3.05) is 4.90 Å². The molecule has 0 unspecified atom stereocenters. The number of halogens is 4. The highest BCUT2D eigenvalue weighted by Gasteiger charge is 2.25. The Bertz CT molecular complexity index is 2130. The van der Waals surface area contributed by atoms with Crippen LogP contribution < -0.4 is 9.80 Å². The summed E-state index contributed by atoms with van der Waals surface area (Å²) in [7, 11) is 0. The number of hydrogen-bond acceptors (Lipinski definition) is 2. The standard InChI is InChI=1S/C46H28Cl4N2/c47-37-13-25-43(26-14-37)51(44-27-15-38(48)16-28-44)41-21-9-35(10-22-41)7-5-33-1-2-34(4-3-33)6-8-36-11-23-42(24-12-36)52(45-29-17-39(49)18-30-45)46-31-19-40(50)20-32-46/h1-4,9-32H/q+1. The van der Waals surface area contributed by atoms with Crippen LogP contribution in [0, 0.1) is 23.7 Å². The fourth-order valence-electron chi connectivity index (χ4n) is 5.57. The van der Waals surface area contributed by atoms with Crippen molar-refractivity contribution in [1.82, 2.24) is 4.90 Å². The molecule has 52 heavy (non-hydrogen) atoms. The second kappa shape index (κ2) is 16.3. The van der Waals surface area contributed by atoms with Gasteiger partial charge in [-0.15, -0.1) is 0 Å². The summed E-state index contributed by atoms with van der Waals surface area (Å²) in [5, 5.41) is 2.74. The Kier molecular flexibility index (Phi) is 11.0. The van der Waals surface area contributed by atoms with E-state index in [4.69, 9.17) is 46.4 Å². The average molecular weight is 751 g/mol. The van der Waals surface area contributed by atoms with Crippen LogP contribution in [0.3, 0.4) is 0 Å². The predicted molar refractivity (Wildman–Crippen MR) is 220 cm³/mol. The molecule has 0 aromatic heterocycles. The van der Waals surface area contributed by atoms with Crippen LogP contribution in [0.4, 0.5) is 34.1 Å². The molecule has 0 saturated heterocycles. The van der Waals surface area contributed by atoms with E-state index in [1.807, 2.05) is 146 Å². The summed E-state index contributed by atoms with van der Waals surface area (Å²) in [6.45, 7) is 0. The maximum Gasteiger partial charge on any atom is 0.192 e. The molecule has 7 aromatic rings. The number of nitrogens with zero attached hydrogens (tertiary/aromatic N) is 2. The van der Waals surface area contributed by atoms with Gasteiger partial charge in [0.2, 0.25) is 0 Å². The second-order valence-corrected chi connectivity index (χ2v) is 13.5. The Morgan fingerprint density at radius 2 is 0.500 bits per heavy atom. The summed E-state index contributed by atoms with van der Waals surface area (Å²) in [4.78, 5) is 4.30. The minimum absolute atomic E-state index is 0.685. The van der Waals surface area contributed by atoms with Crippen LogP contribution in [-0.4, -0.2) is 0 Å². The monoisotopic (exact) mass is 748 g/mol. The zero-order valence-corrected chi connectivity index (χ0v) is 30.6. The van der Waals surface area contributed by atoms with E-state index in [9.17, 15) is 0 Å². The molecule has 0 atom stereocenters. The van der Waals surface area contributed by atoms with Gasteiger partial charge in [-0.1, -0.05) is 75.0 Å². The first-order valence-corrected chi connectivity index (χ1v) is 17.9. The maximum atomic E-state index is 6.17. The topological polar surface area (TPSA) is 9.14 Å². The molecule has 0 saturated carbocycles. The molecule has 0 N–H and O–H groups in total. The zero-order chi connectivity index (χ0) is 35.9. The fourth-order valence-corrected chi connectivity index (χ4v) is 6.07. The van der Waals surface area contributed by atoms with E-state index in [0.717, 1.165) is 56.4 Å². The Morgan fingerprint density at radius 3 is 0.808 bits per heavy atom. The lowest BCUT2D eigenvalue weighted by molar-refractivity contribution is 0.931. The summed E-state index contributed by atoms with van der Waals surface area (Å²) in [5.74, 6) is 13.1. The molecule has 2 nitrogen and oxygen atoms in total. The first-order chi connectivity index (χ1) is 25.4. The highest BCUT2D eigenvalue weighted by molar-refractivity contribution is 6.31. The lowest BCUT2D eigenvalue weighted by Gasteiger charge is -2.25. The van der Waals surface area contributed by atoms with Crippen molar-refractivity contribution in [1.29, 1.82) is 0 Å². The van der Waals surface area contributed by atoms with E-state index in [1.54, 1.807) is 0 Å². The molecular formula is C46H28Cl4N2+. The van der Waals surface area contributed by atoms with Gasteiger partial charge in [-0.2, -0.15) is 0 Å². The summed E-state index contributed by atoms with van der Waals surface area (Å²) in [6, 6.07) is 55.4. The number of rotatable bonds is 6. The van der Waals surface area contributed by atoms with Crippen LogP contribution in [0.5, 0.6) is 0 Å². The zero-order valence-electron chi connectivity index (χ0n) is 27.6. The first-order valence-electron chi connectivity index (χ1n) is 16.3. The van der Waals surface area contributed by atoms with Crippen LogP contribution in [0.2, 0.25) is 20.1 Å². The minimum atomic E-state index is 0.685. The number of hydrogen-bond donors (Lipinski definition) is 0. The molecule has 0 bridgehead atoms. The van der Waals surface area contributed by atoms with Crippen LogP contribution in [-0.2, 0) is 0 Å². The van der Waals surface area contributed by atoms with Crippen molar-refractivity contribution in [3.8, 4) is 23.7 Å². The van der Waals surface area contributed by atoms with Crippen molar-refractivity contribution in [2.45, 2.75) is 0 Å². The minimum Gasteiger partial charge on any atom is -0.311 e. The van der Waals surface area contributed by atoms with Gasteiger partial charge >= 0.3 is 0 Å². The number of benzene rings is 7. The largest absolute Gasteiger partial charge is 0.311 e. The second-order valence-electron chi connectivity index (χ2n) is 11.7. The molecule has 0 spiro atoms. The highest BCUT2D eigenvalue weighted by atomic mass is 35.5. The molecule has 0 amide bonds. The lowest BCUT2D eigenvalue weighted by atomic mass is 10.1. The van der Waals surface area contributed by atoms with Crippen molar-refractivity contribution < 1.29 is 0 Å². The van der Waals surface area contributed by atoms with E-state index in [2.05, 4.69) is 57.7 Å². The van der Waals surface area contributed by atoms with Gasteiger partial charge in [-0.3, -0.25) is 0 Å². The van der Waals surface area contributed by atoms with Crippen LogP contribution in [0.15, 0.2) is 170 Å². The predicted octanol–water partition coefficient (Wildman–Crippen LogP) is 14.0. The van der Waals surface area contributed by atoms with Gasteiger partial charge in [-0.25, -0.2) is 0 Å². The third-order valence-electron chi connectivity index (χ3n) is 8.18. The Labute approximate surface area is 324 Å². The quantitative estimate of drug-likeness (QED) is 0.121. The van der Waals surface area contributed by atoms with E-state index in [-0.39, 0.29) is 0 Å². The molecule has 0 aliphatic carbocycles. The van der Waals surface area contributed by atoms with Gasteiger partial charge in [0.05, 0.1) is 0 Å². The third-order valence-corrected chi connectivity index (χ3v) is 9.19. The maximum absolute atomic E-state index is 6.17. The Morgan fingerprint density at radius 1 is 0.288 bits per heavy atom. The molecule has 1 radical (unpaired) electrons. The van der Waals surface area contributed by atoms with Crippen molar-refractivity contribution in [3.63, 3.8) is 0 Å². The molecule has 6 heteroatoms. The normalized spacial score (nSPS) is 10.6. The van der Waals surface area contributed by atoms with E-state index in [0.29, 0.717) is 20.1 Å². The third kappa shape index (κ3) is 8.71.